The molecule has 1 aliphatic rings. The Morgan fingerprint density at radius 3 is 2.47 bits per heavy atom. The van der Waals surface area contributed by atoms with Crippen molar-refractivity contribution in [2.24, 2.45) is 0 Å². The van der Waals surface area contributed by atoms with Gasteiger partial charge in [-0.25, -0.2) is 24.9 Å². The summed E-state index contributed by atoms with van der Waals surface area (Å²) < 4.78 is 22.2. The molecule has 1 aromatic carbocycles. The van der Waals surface area contributed by atoms with Gasteiger partial charge in [0.15, 0.2) is 11.5 Å². The zero-order valence-corrected chi connectivity index (χ0v) is 18.0. The maximum Gasteiger partial charge on any atom is 0.233 e. The Bertz CT molecular complexity index is 1280. The highest BCUT2D eigenvalue weighted by Gasteiger charge is 2.27. The van der Waals surface area contributed by atoms with E-state index in [1.54, 1.807) is 46.1 Å². The third-order valence-corrected chi connectivity index (χ3v) is 5.44. The van der Waals surface area contributed by atoms with Gasteiger partial charge in [0.1, 0.15) is 23.8 Å². The summed E-state index contributed by atoms with van der Waals surface area (Å²) in [7, 11) is 4.79. The molecule has 0 bridgehead atoms. The normalized spacial score (nSPS) is 15.8. The minimum atomic E-state index is -0.0457. The van der Waals surface area contributed by atoms with Crippen LogP contribution in [0.2, 0.25) is 0 Å². The quantitative estimate of drug-likeness (QED) is 0.450. The number of hydrogen-bond donors (Lipinski definition) is 0. The minimum absolute atomic E-state index is 0.0457. The van der Waals surface area contributed by atoms with Crippen molar-refractivity contribution < 1.29 is 18.9 Å². The summed E-state index contributed by atoms with van der Waals surface area (Å²) in [5.41, 5.74) is 2.15. The molecule has 0 N–H and O–H groups in total. The molecule has 1 fully saturated rings. The third kappa shape index (κ3) is 3.64. The van der Waals surface area contributed by atoms with Crippen molar-refractivity contribution in [3.63, 3.8) is 0 Å². The molecule has 10 heteroatoms. The molecule has 0 radical (unpaired) electrons. The number of rotatable bonds is 6. The van der Waals surface area contributed by atoms with E-state index < -0.39 is 0 Å². The van der Waals surface area contributed by atoms with Crippen LogP contribution >= 0.6 is 0 Å². The second-order valence-electron chi connectivity index (χ2n) is 7.32. The smallest absolute Gasteiger partial charge is 0.233 e. The molecule has 1 saturated heterocycles. The lowest BCUT2D eigenvalue weighted by molar-refractivity contribution is 0.216. The highest BCUT2D eigenvalue weighted by atomic mass is 16.5. The summed E-state index contributed by atoms with van der Waals surface area (Å²) in [5.74, 6) is 3.06. The predicted molar refractivity (Wildman–Crippen MR) is 118 cm³/mol. The summed E-state index contributed by atoms with van der Waals surface area (Å²) in [4.78, 5) is 24.2. The van der Waals surface area contributed by atoms with E-state index in [1.807, 2.05) is 12.1 Å². The van der Waals surface area contributed by atoms with E-state index in [0.717, 1.165) is 29.7 Å². The Kier molecular flexibility index (Phi) is 5.18. The number of hydrogen-bond acceptors (Lipinski definition) is 10. The first-order chi connectivity index (χ1) is 15.7. The van der Waals surface area contributed by atoms with Gasteiger partial charge >= 0.3 is 0 Å². The lowest BCUT2D eigenvalue weighted by atomic mass is 10.2. The number of pyridine rings is 1. The molecule has 0 saturated carbocycles. The molecule has 3 aromatic heterocycles. The SMILES string of the molecule is COc1cc2nc(O[C@@H]3CCN(c4ncnc5cc(OC)c(OC)cc45)C3)cnc2cn1. The van der Waals surface area contributed by atoms with Crippen molar-refractivity contribution in [3.05, 3.63) is 36.9 Å². The van der Waals surface area contributed by atoms with Crippen LogP contribution in [0.15, 0.2) is 36.9 Å². The van der Waals surface area contributed by atoms with Crippen molar-refractivity contribution in [3.8, 4) is 23.3 Å². The number of aromatic nitrogens is 5. The van der Waals surface area contributed by atoms with Crippen LogP contribution in [-0.2, 0) is 0 Å². The lowest BCUT2D eigenvalue weighted by Gasteiger charge is -2.20. The highest BCUT2D eigenvalue weighted by molar-refractivity contribution is 5.92. The molecule has 0 spiro atoms. The van der Waals surface area contributed by atoms with Crippen LogP contribution in [0.3, 0.4) is 0 Å². The molecule has 4 aromatic rings. The number of anilines is 1. The monoisotopic (exact) mass is 434 g/mol. The van der Waals surface area contributed by atoms with Crippen LogP contribution in [-0.4, -0.2) is 65.4 Å². The molecule has 4 heterocycles. The average molecular weight is 434 g/mol. The summed E-state index contributed by atoms with van der Waals surface area (Å²) >= 11 is 0. The molecule has 0 aliphatic carbocycles. The van der Waals surface area contributed by atoms with E-state index in [1.165, 1.54) is 0 Å². The van der Waals surface area contributed by atoms with Gasteiger partial charge in [-0.1, -0.05) is 0 Å². The van der Waals surface area contributed by atoms with Crippen LogP contribution < -0.4 is 23.8 Å². The van der Waals surface area contributed by atoms with Gasteiger partial charge in [0.2, 0.25) is 11.8 Å². The zero-order valence-electron chi connectivity index (χ0n) is 18.0. The van der Waals surface area contributed by atoms with Gasteiger partial charge in [-0.3, -0.25) is 0 Å². The fourth-order valence-electron chi connectivity index (χ4n) is 3.86. The molecule has 0 unspecified atom stereocenters. The van der Waals surface area contributed by atoms with Crippen molar-refractivity contribution in [1.29, 1.82) is 0 Å². The van der Waals surface area contributed by atoms with E-state index in [9.17, 15) is 0 Å². The van der Waals surface area contributed by atoms with Gasteiger partial charge < -0.3 is 23.8 Å². The van der Waals surface area contributed by atoms with Gasteiger partial charge in [0.05, 0.1) is 51.3 Å². The van der Waals surface area contributed by atoms with Crippen LogP contribution in [0.25, 0.3) is 21.9 Å². The highest BCUT2D eigenvalue weighted by Crippen LogP contribution is 2.35. The van der Waals surface area contributed by atoms with Gasteiger partial charge in [0.25, 0.3) is 0 Å². The number of methoxy groups -OCH3 is 3. The summed E-state index contributed by atoms with van der Waals surface area (Å²) in [6.45, 7) is 1.46. The number of fused-ring (bicyclic) bond motifs is 2. The van der Waals surface area contributed by atoms with Crippen LogP contribution in [0.5, 0.6) is 23.3 Å². The fourth-order valence-corrected chi connectivity index (χ4v) is 3.86. The van der Waals surface area contributed by atoms with Crippen molar-refractivity contribution in [2.75, 3.05) is 39.3 Å². The van der Waals surface area contributed by atoms with Crippen molar-refractivity contribution in [1.82, 2.24) is 24.9 Å². The molecular weight excluding hydrogens is 412 g/mol. The Balaban J connectivity index is 1.38. The Morgan fingerprint density at radius 1 is 0.812 bits per heavy atom. The maximum absolute atomic E-state index is 6.14. The van der Waals surface area contributed by atoms with Crippen molar-refractivity contribution in [2.45, 2.75) is 12.5 Å². The fraction of sp³-hybridized carbons (Fsp3) is 0.318. The second-order valence-corrected chi connectivity index (χ2v) is 7.32. The number of benzene rings is 1. The first-order valence-electron chi connectivity index (χ1n) is 10.1. The van der Waals surface area contributed by atoms with Gasteiger partial charge in [0, 0.05) is 30.5 Å². The first kappa shape index (κ1) is 20.0. The third-order valence-electron chi connectivity index (χ3n) is 5.44. The lowest BCUT2D eigenvalue weighted by Crippen LogP contribution is -2.25. The van der Waals surface area contributed by atoms with E-state index >= 15 is 0 Å². The van der Waals surface area contributed by atoms with Crippen molar-refractivity contribution >= 4 is 27.8 Å². The van der Waals surface area contributed by atoms with E-state index in [0.29, 0.717) is 40.8 Å². The largest absolute Gasteiger partial charge is 0.493 e. The summed E-state index contributed by atoms with van der Waals surface area (Å²) in [6, 6.07) is 5.51. The first-order valence-corrected chi connectivity index (χ1v) is 10.1. The second kappa shape index (κ2) is 8.29. The molecule has 1 atom stereocenters. The van der Waals surface area contributed by atoms with Crippen LogP contribution in [0, 0.1) is 0 Å². The van der Waals surface area contributed by atoms with Gasteiger partial charge in [-0.15, -0.1) is 0 Å². The molecule has 5 rings (SSSR count). The van der Waals surface area contributed by atoms with Crippen LogP contribution in [0.4, 0.5) is 5.82 Å². The Morgan fingerprint density at radius 2 is 1.66 bits per heavy atom. The molecule has 0 amide bonds. The summed E-state index contributed by atoms with van der Waals surface area (Å²) in [5, 5.41) is 0.899. The predicted octanol–water partition coefficient (Wildman–Crippen LogP) is 2.65. The molecule has 10 nitrogen and oxygen atoms in total. The van der Waals surface area contributed by atoms with E-state index in [-0.39, 0.29) is 6.10 Å². The maximum atomic E-state index is 6.14. The Labute approximate surface area is 184 Å². The molecule has 32 heavy (non-hydrogen) atoms. The Hall–Kier alpha value is -3.95. The van der Waals surface area contributed by atoms with Gasteiger partial charge in [-0.2, -0.15) is 0 Å². The summed E-state index contributed by atoms with van der Waals surface area (Å²) in [6.07, 6.45) is 5.60. The molecule has 1 aliphatic heterocycles. The standard InChI is InChI=1S/C22H22N6O4/c1-29-18-6-14-15(7-19(18)30-2)25-12-26-22(14)28-5-4-13(11-28)32-21-10-23-17-9-24-20(31-3)8-16(17)27-21/h6-10,12-13H,4-5,11H2,1-3H3/t13-/m1/s1. The van der Waals surface area contributed by atoms with Crippen LogP contribution in [0.1, 0.15) is 6.42 Å². The zero-order chi connectivity index (χ0) is 22.1. The number of nitrogens with zero attached hydrogens (tertiary/aromatic N) is 6. The topological polar surface area (TPSA) is 105 Å². The van der Waals surface area contributed by atoms with E-state index in [4.69, 9.17) is 18.9 Å². The average Bonchev–Trinajstić information content (AvgIpc) is 3.30. The minimum Gasteiger partial charge on any atom is -0.493 e. The number of ether oxygens (including phenoxy) is 4. The molecule has 164 valence electrons. The van der Waals surface area contributed by atoms with Gasteiger partial charge in [-0.05, 0) is 6.07 Å². The molecular formula is C22H22N6O4. The van der Waals surface area contributed by atoms with E-state index in [2.05, 4.69) is 29.8 Å².